The first-order chi connectivity index (χ1) is 18.3. The van der Waals surface area contributed by atoms with Gasteiger partial charge in [0.15, 0.2) is 0 Å². The molecule has 2 aromatic carbocycles. The van der Waals surface area contributed by atoms with E-state index in [2.05, 4.69) is 126 Å². The maximum Gasteiger partial charge on any atom is 0.261 e. The van der Waals surface area contributed by atoms with Crippen molar-refractivity contribution in [1.82, 2.24) is 0 Å². The van der Waals surface area contributed by atoms with Crippen molar-refractivity contribution in [1.29, 1.82) is 0 Å². The maximum atomic E-state index is 11.0. The second-order valence-corrected chi connectivity index (χ2v) is 16.3. The Bertz CT molecular complexity index is 993. The summed E-state index contributed by atoms with van der Waals surface area (Å²) in [5.41, 5.74) is 1.22. The van der Waals surface area contributed by atoms with Gasteiger partial charge >= 0.3 is 0 Å². The van der Waals surface area contributed by atoms with E-state index in [-0.39, 0.29) is 23.2 Å². The molecule has 1 saturated carbocycles. The number of aliphatic hydroxyl groups excluding tert-OH is 1. The van der Waals surface area contributed by atoms with E-state index < -0.39 is 8.32 Å². The number of rotatable bonds is 13. The molecule has 0 heterocycles. The fourth-order valence-electron chi connectivity index (χ4n) is 5.76. The Balaban J connectivity index is 1.70. The number of hydrogen-bond acceptors (Lipinski definition) is 2. The molecule has 1 aliphatic carbocycles. The van der Waals surface area contributed by atoms with Crippen LogP contribution >= 0.6 is 0 Å². The van der Waals surface area contributed by atoms with Crippen molar-refractivity contribution in [2.45, 2.75) is 103 Å². The molecule has 0 aromatic heterocycles. The molecule has 0 unspecified atom stereocenters. The standard InChI is InChI=1S/C35H50O2Si/c1-6-7-8-9-10-11-12-15-20-29(2)25-26-30-27-31(28-34(30)36)37-38(35(3,4)5,32-21-16-13-17-22-32)33-23-18-14-19-24-33/h12-26,30-31,34,36H,6-11,27-28H2,1-5H3/b15-12+,26-25+,29-20+/t30-,31+,34-/m0/s1. The zero-order valence-electron chi connectivity index (χ0n) is 24.4. The highest BCUT2D eigenvalue weighted by molar-refractivity contribution is 6.99. The molecule has 38 heavy (non-hydrogen) atoms. The average Bonchev–Trinajstić information content (AvgIpc) is 3.26. The zero-order chi connectivity index (χ0) is 27.4. The molecule has 0 saturated heterocycles. The summed E-state index contributed by atoms with van der Waals surface area (Å²) in [5, 5.41) is 13.5. The van der Waals surface area contributed by atoms with Crippen molar-refractivity contribution in [3.8, 4) is 0 Å². The van der Waals surface area contributed by atoms with Gasteiger partial charge < -0.3 is 9.53 Å². The van der Waals surface area contributed by atoms with E-state index in [1.54, 1.807) is 0 Å². The molecule has 1 aliphatic rings. The highest BCUT2D eigenvalue weighted by Gasteiger charge is 2.52. The average molecular weight is 531 g/mol. The maximum absolute atomic E-state index is 11.0. The molecule has 1 N–H and O–H groups in total. The van der Waals surface area contributed by atoms with Crippen LogP contribution in [0, 0.1) is 5.92 Å². The minimum Gasteiger partial charge on any atom is -0.404 e. The first-order valence-corrected chi connectivity index (χ1v) is 16.7. The summed E-state index contributed by atoms with van der Waals surface area (Å²) >= 11 is 0. The Hall–Kier alpha value is -2.20. The molecule has 3 atom stereocenters. The number of aliphatic hydroxyl groups is 1. The van der Waals surface area contributed by atoms with Crippen LogP contribution in [0.3, 0.4) is 0 Å². The zero-order valence-corrected chi connectivity index (χ0v) is 25.4. The van der Waals surface area contributed by atoms with Crippen LogP contribution < -0.4 is 10.4 Å². The molecule has 3 heteroatoms. The molecule has 0 bridgehead atoms. The fourth-order valence-corrected chi connectivity index (χ4v) is 10.5. The predicted octanol–water partition coefficient (Wildman–Crippen LogP) is 8.12. The van der Waals surface area contributed by atoms with Gasteiger partial charge in [-0.1, -0.05) is 150 Å². The predicted molar refractivity (Wildman–Crippen MR) is 167 cm³/mol. The van der Waals surface area contributed by atoms with E-state index in [0.29, 0.717) is 6.42 Å². The van der Waals surface area contributed by atoms with E-state index in [1.165, 1.54) is 48.1 Å². The lowest BCUT2D eigenvalue weighted by atomic mass is 10.0. The summed E-state index contributed by atoms with van der Waals surface area (Å²) in [6.07, 6.45) is 20.0. The van der Waals surface area contributed by atoms with Crippen molar-refractivity contribution in [3.05, 3.63) is 96.6 Å². The van der Waals surface area contributed by atoms with Crippen molar-refractivity contribution in [2.24, 2.45) is 5.92 Å². The van der Waals surface area contributed by atoms with Crippen molar-refractivity contribution >= 4 is 18.7 Å². The van der Waals surface area contributed by atoms with Gasteiger partial charge in [0.05, 0.1) is 6.10 Å². The Labute approximate surface area is 233 Å². The minimum absolute atomic E-state index is 0.0304. The molecule has 3 rings (SSSR count). The van der Waals surface area contributed by atoms with Gasteiger partial charge in [0.25, 0.3) is 8.32 Å². The lowest BCUT2D eigenvalue weighted by Gasteiger charge is -2.44. The van der Waals surface area contributed by atoms with Crippen LogP contribution in [0.1, 0.15) is 86.0 Å². The van der Waals surface area contributed by atoms with Crippen LogP contribution in [-0.2, 0) is 4.43 Å². The second kappa shape index (κ2) is 14.8. The van der Waals surface area contributed by atoms with E-state index >= 15 is 0 Å². The van der Waals surface area contributed by atoms with E-state index in [4.69, 9.17) is 4.43 Å². The molecule has 2 aromatic rings. The molecular weight excluding hydrogens is 480 g/mol. The quantitative estimate of drug-likeness (QED) is 0.161. The Kier molecular flexibility index (Phi) is 11.8. The monoisotopic (exact) mass is 530 g/mol. The van der Waals surface area contributed by atoms with Crippen molar-refractivity contribution < 1.29 is 9.53 Å². The highest BCUT2D eigenvalue weighted by atomic mass is 28.4. The molecule has 0 radical (unpaired) electrons. The van der Waals surface area contributed by atoms with Crippen LogP contribution in [0.15, 0.2) is 96.6 Å². The fraction of sp³-hybridized carbons (Fsp3) is 0.486. The molecule has 0 aliphatic heterocycles. The normalized spacial score (nSPS) is 21.1. The van der Waals surface area contributed by atoms with Gasteiger partial charge in [0.1, 0.15) is 0 Å². The summed E-state index contributed by atoms with van der Waals surface area (Å²) in [6, 6.07) is 21.6. The third-order valence-corrected chi connectivity index (χ3v) is 13.0. The van der Waals surface area contributed by atoms with Crippen LogP contribution in [0.4, 0.5) is 0 Å². The number of allylic oxidation sites excluding steroid dienone is 5. The topological polar surface area (TPSA) is 29.5 Å². The Morgan fingerprint density at radius 3 is 2.11 bits per heavy atom. The lowest BCUT2D eigenvalue weighted by Crippen LogP contribution is -2.67. The molecular formula is C35H50O2Si. The van der Waals surface area contributed by atoms with Gasteiger partial charge in [-0.25, -0.2) is 0 Å². The second-order valence-electron chi connectivity index (χ2n) is 12.0. The number of unbranched alkanes of at least 4 members (excludes halogenated alkanes) is 5. The number of hydrogen-bond donors (Lipinski definition) is 1. The minimum atomic E-state index is -2.61. The van der Waals surface area contributed by atoms with Crippen molar-refractivity contribution in [3.63, 3.8) is 0 Å². The van der Waals surface area contributed by atoms with Crippen LogP contribution in [0.2, 0.25) is 5.04 Å². The Morgan fingerprint density at radius 1 is 0.921 bits per heavy atom. The Morgan fingerprint density at radius 2 is 1.53 bits per heavy atom. The van der Waals surface area contributed by atoms with Gasteiger partial charge in [0.2, 0.25) is 0 Å². The molecule has 2 nitrogen and oxygen atoms in total. The smallest absolute Gasteiger partial charge is 0.261 e. The third-order valence-electron chi connectivity index (χ3n) is 7.87. The number of benzene rings is 2. The van der Waals surface area contributed by atoms with Crippen LogP contribution in [0.5, 0.6) is 0 Å². The molecule has 0 spiro atoms. The summed E-state index contributed by atoms with van der Waals surface area (Å²) < 4.78 is 7.29. The van der Waals surface area contributed by atoms with Gasteiger partial charge in [0, 0.05) is 12.0 Å². The van der Waals surface area contributed by atoms with Gasteiger partial charge in [-0.15, -0.1) is 0 Å². The largest absolute Gasteiger partial charge is 0.404 e. The van der Waals surface area contributed by atoms with Gasteiger partial charge in [-0.2, -0.15) is 0 Å². The molecule has 1 fully saturated rings. The van der Waals surface area contributed by atoms with E-state index in [1.807, 2.05) is 0 Å². The van der Waals surface area contributed by atoms with Gasteiger partial charge in [-0.3, -0.25) is 0 Å². The third kappa shape index (κ3) is 8.15. The van der Waals surface area contributed by atoms with E-state index in [0.717, 1.165) is 12.8 Å². The summed E-state index contributed by atoms with van der Waals surface area (Å²) in [4.78, 5) is 0. The van der Waals surface area contributed by atoms with Gasteiger partial charge in [-0.05, 0) is 48.0 Å². The molecule has 0 amide bonds. The molecule has 206 valence electrons. The summed E-state index contributed by atoms with van der Waals surface area (Å²) in [5.74, 6) is 0.115. The highest BCUT2D eigenvalue weighted by Crippen LogP contribution is 2.40. The van der Waals surface area contributed by atoms with Crippen LogP contribution in [0.25, 0.3) is 0 Å². The van der Waals surface area contributed by atoms with Crippen LogP contribution in [-0.4, -0.2) is 25.6 Å². The first-order valence-electron chi connectivity index (χ1n) is 14.8. The summed E-state index contributed by atoms with van der Waals surface area (Å²) in [6.45, 7) is 11.3. The first kappa shape index (κ1) is 30.3. The summed E-state index contributed by atoms with van der Waals surface area (Å²) in [7, 11) is -2.61. The SMILES string of the molecule is CCCCCCC/C=C/C=C(C)/C=C/[C@H]1C[C@@H](O[Si](c2ccccc2)(c2ccccc2)C(C)(C)C)C[C@@H]1O. The van der Waals surface area contributed by atoms with E-state index in [9.17, 15) is 5.11 Å². The lowest BCUT2D eigenvalue weighted by molar-refractivity contribution is 0.133. The van der Waals surface area contributed by atoms with Crippen molar-refractivity contribution in [2.75, 3.05) is 0 Å².